The number of hydrogen-bond donors (Lipinski definition) is 1. The third kappa shape index (κ3) is 4.79. The number of sulfone groups is 1. The zero-order valence-corrected chi connectivity index (χ0v) is 10.9. The summed E-state index contributed by atoms with van der Waals surface area (Å²) in [5.74, 6) is -1.63. The van der Waals surface area contributed by atoms with Crippen molar-refractivity contribution in [3.63, 3.8) is 0 Å². The molecule has 0 spiro atoms. The summed E-state index contributed by atoms with van der Waals surface area (Å²) in [7, 11) is -3.25. The monoisotopic (exact) mass is 299 g/mol. The van der Waals surface area contributed by atoms with Gasteiger partial charge in [-0.2, -0.15) is 13.2 Å². The lowest BCUT2D eigenvalue weighted by molar-refractivity contribution is -0.140. The van der Waals surface area contributed by atoms with Gasteiger partial charge in [-0.15, -0.1) is 0 Å². The molecule has 0 heterocycles. The fourth-order valence-corrected chi connectivity index (χ4v) is 2.18. The van der Waals surface area contributed by atoms with E-state index in [0.29, 0.717) is 12.1 Å². The number of halogens is 4. The Kier molecular flexibility index (Phi) is 4.57. The van der Waals surface area contributed by atoms with Crippen molar-refractivity contribution < 1.29 is 26.0 Å². The van der Waals surface area contributed by atoms with E-state index in [2.05, 4.69) is 0 Å². The molecule has 19 heavy (non-hydrogen) atoms. The van der Waals surface area contributed by atoms with E-state index in [0.717, 1.165) is 12.3 Å². The van der Waals surface area contributed by atoms with Gasteiger partial charge in [0.25, 0.3) is 0 Å². The zero-order chi connectivity index (χ0) is 14.8. The van der Waals surface area contributed by atoms with E-state index in [4.69, 9.17) is 5.73 Å². The van der Waals surface area contributed by atoms with E-state index in [1.165, 1.54) is 0 Å². The number of benzene rings is 1. The van der Waals surface area contributed by atoms with Crippen molar-refractivity contribution in [2.24, 2.45) is 5.73 Å². The van der Waals surface area contributed by atoms with Crippen LogP contribution in [0.4, 0.5) is 17.6 Å². The Morgan fingerprint density at radius 1 is 1.32 bits per heavy atom. The molecule has 1 aromatic carbocycles. The maximum Gasteiger partial charge on any atom is 0.419 e. The number of nitrogens with two attached hydrogens (primary N) is 1. The Hall–Kier alpha value is -1.15. The van der Waals surface area contributed by atoms with Crippen LogP contribution in [0.15, 0.2) is 18.2 Å². The van der Waals surface area contributed by atoms with Crippen molar-refractivity contribution in [1.29, 1.82) is 0 Å². The lowest BCUT2D eigenvalue weighted by Crippen LogP contribution is -2.17. The van der Waals surface area contributed by atoms with Crippen LogP contribution in [0.25, 0.3) is 0 Å². The van der Waals surface area contributed by atoms with Crippen LogP contribution in [0.2, 0.25) is 0 Å². The highest BCUT2D eigenvalue weighted by molar-refractivity contribution is 7.90. The van der Waals surface area contributed by atoms with Crippen LogP contribution >= 0.6 is 0 Å². The highest BCUT2D eigenvalue weighted by Gasteiger charge is 2.34. The summed E-state index contributed by atoms with van der Waals surface area (Å²) in [4.78, 5) is 0. The molecule has 1 unspecified atom stereocenters. The summed E-state index contributed by atoms with van der Waals surface area (Å²) in [6.07, 6.45) is -3.83. The molecular formula is C11H13F4NO2S. The van der Waals surface area contributed by atoms with Crippen molar-refractivity contribution >= 4 is 9.84 Å². The first kappa shape index (κ1) is 15.9. The van der Waals surface area contributed by atoms with E-state index < -0.39 is 33.4 Å². The highest BCUT2D eigenvalue weighted by Crippen LogP contribution is 2.33. The fourth-order valence-electron chi connectivity index (χ4n) is 1.50. The molecule has 108 valence electrons. The average Bonchev–Trinajstić information content (AvgIpc) is 2.24. The molecule has 0 fully saturated rings. The van der Waals surface area contributed by atoms with E-state index in [-0.39, 0.29) is 17.7 Å². The standard InChI is InChI=1S/C11H13F4NO2S/c1-19(17,18)5-4-10(16)7-2-3-9(12)8(6-7)11(13,14)15/h2-3,6,10H,4-5,16H2,1H3. The van der Waals surface area contributed by atoms with Crippen molar-refractivity contribution in [2.75, 3.05) is 12.0 Å². The van der Waals surface area contributed by atoms with E-state index >= 15 is 0 Å². The summed E-state index contributed by atoms with van der Waals surface area (Å²) in [5, 5.41) is 0. The Balaban J connectivity index is 2.96. The fraction of sp³-hybridized carbons (Fsp3) is 0.455. The Morgan fingerprint density at radius 3 is 2.37 bits per heavy atom. The van der Waals surface area contributed by atoms with E-state index in [1.54, 1.807) is 0 Å². The molecule has 2 N–H and O–H groups in total. The molecule has 0 saturated carbocycles. The van der Waals surface area contributed by atoms with Gasteiger partial charge in [-0.3, -0.25) is 0 Å². The molecule has 1 aromatic rings. The smallest absolute Gasteiger partial charge is 0.324 e. The molecule has 3 nitrogen and oxygen atoms in total. The van der Waals surface area contributed by atoms with Gasteiger partial charge in [-0.25, -0.2) is 12.8 Å². The Morgan fingerprint density at radius 2 is 1.89 bits per heavy atom. The van der Waals surface area contributed by atoms with Crippen LogP contribution in [-0.2, 0) is 16.0 Å². The van der Waals surface area contributed by atoms with Crippen LogP contribution < -0.4 is 5.73 Å². The quantitative estimate of drug-likeness (QED) is 0.868. The normalized spacial score (nSPS) is 14.4. The molecule has 1 rings (SSSR count). The molecule has 0 amide bonds. The largest absolute Gasteiger partial charge is 0.419 e. The van der Waals surface area contributed by atoms with Gasteiger partial charge in [0.15, 0.2) is 0 Å². The molecule has 8 heteroatoms. The maximum atomic E-state index is 13.0. The Bertz CT molecular complexity index is 554. The number of hydrogen-bond acceptors (Lipinski definition) is 3. The molecule has 1 atom stereocenters. The lowest BCUT2D eigenvalue weighted by Gasteiger charge is -2.14. The SMILES string of the molecule is CS(=O)(=O)CCC(N)c1ccc(F)c(C(F)(F)F)c1. The van der Waals surface area contributed by atoms with Crippen LogP contribution in [0.5, 0.6) is 0 Å². The summed E-state index contributed by atoms with van der Waals surface area (Å²) in [5.41, 5.74) is 4.26. The van der Waals surface area contributed by atoms with Gasteiger partial charge in [-0.1, -0.05) is 6.07 Å². The molecule has 0 aromatic heterocycles. The summed E-state index contributed by atoms with van der Waals surface area (Å²) >= 11 is 0. The van der Waals surface area contributed by atoms with Crippen molar-refractivity contribution in [3.05, 3.63) is 35.1 Å². The maximum absolute atomic E-state index is 13.0. The first-order chi connectivity index (χ1) is 8.50. The van der Waals surface area contributed by atoms with Crippen LogP contribution in [0.1, 0.15) is 23.6 Å². The van der Waals surface area contributed by atoms with Crippen molar-refractivity contribution in [3.8, 4) is 0 Å². The minimum atomic E-state index is -4.81. The molecule has 0 bridgehead atoms. The molecule has 0 aliphatic heterocycles. The van der Waals surface area contributed by atoms with Gasteiger partial charge >= 0.3 is 6.18 Å². The van der Waals surface area contributed by atoms with Crippen molar-refractivity contribution in [1.82, 2.24) is 0 Å². The van der Waals surface area contributed by atoms with Crippen molar-refractivity contribution in [2.45, 2.75) is 18.6 Å². The second kappa shape index (κ2) is 5.46. The first-order valence-corrected chi connectivity index (χ1v) is 7.36. The van der Waals surface area contributed by atoms with Crippen LogP contribution in [0.3, 0.4) is 0 Å². The number of alkyl halides is 3. The molecular weight excluding hydrogens is 286 g/mol. The number of rotatable bonds is 4. The molecule has 0 aliphatic rings. The Labute approximate surface area is 108 Å². The first-order valence-electron chi connectivity index (χ1n) is 5.30. The van der Waals surface area contributed by atoms with Gasteiger partial charge < -0.3 is 5.73 Å². The lowest BCUT2D eigenvalue weighted by atomic mass is 10.0. The topological polar surface area (TPSA) is 60.2 Å². The molecule has 0 aliphatic carbocycles. The minimum Gasteiger partial charge on any atom is -0.324 e. The predicted octanol–water partition coefficient (Wildman–Crippen LogP) is 2.28. The molecule has 0 radical (unpaired) electrons. The van der Waals surface area contributed by atoms with Gasteiger partial charge in [0, 0.05) is 12.3 Å². The van der Waals surface area contributed by atoms with E-state index in [9.17, 15) is 26.0 Å². The average molecular weight is 299 g/mol. The third-order valence-corrected chi connectivity index (χ3v) is 3.50. The van der Waals surface area contributed by atoms with Gasteiger partial charge in [0.2, 0.25) is 0 Å². The second-order valence-corrected chi connectivity index (χ2v) is 6.52. The zero-order valence-electron chi connectivity index (χ0n) is 10.0. The summed E-state index contributed by atoms with van der Waals surface area (Å²) in [6.45, 7) is 0. The van der Waals surface area contributed by atoms with Gasteiger partial charge in [-0.05, 0) is 24.1 Å². The van der Waals surface area contributed by atoms with E-state index in [1.807, 2.05) is 0 Å². The molecule has 0 saturated heterocycles. The second-order valence-electron chi connectivity index (χ2n) is 4.26. The van der Waals surface area contributed by atoms with Crippen LogP contribution in [0, 0.1) is 5.82 Å². The summed E-state index contributed by atoms with van der Waals surface area (Å²) in [6, 6.07) is 1.52. The third-order valence-electron chi connectivity index (χ3n) is 2.52. The van der Waals surface area contributed by atoms with Gasteiger partial charge in [0.05, 0.1) is 11.3 Å². The highest BCUT2D eigenvalue weighted by atomic mass is 32.2. The minimum absolute atomic E-state index is 0.0260. The summed E-state index contributed by atoms with van der Waals surface area (Å²) < 4.78 is 72.4. The predicted molar refractivity (Wildman–Crippen MR) is 62.7 cm³/mol. The van der Waals surface area contributed by atoms with Gasteiger partial charge in [0.1, 0.15) is 15.7 Å². The van der Waals surface area contributed by atoms with Crippen LogP contribution in [-0.4, -0.2) is 20.4 Å².